The van der Waals surface area contributed by atoms with Crippen molar-refractivity contribution in [2.75, 3.05) is 38.0 Å². The van der Waals surface area contributed by atoms with Crippen LogP contribution in [0.3, 0.4) is 0 Å². The molecule has 0 atom stereocenters. The number of aryl methyl sites for hydroxylation is 3. The highest BCUT2D eigenvalue weighted by Gasteiger charge is 2.18. The monoisotopic (exact) mass is 516 g/mol. The van der Waals surface area contributed by atoms with Gasteiger partial charge >= 0.3 is 0 Å². The van der Waals surface area contributed by atoms with Gasteiger partial charge in [-0.25, -0.2) is 24.3 Å². The topological polar surface area (TPSA) is 75.0 Å². The third kappa shape index (κ3) is 5.26. The summed E-state index contributed by atoms with van der Waals surface area (Å²) in [5.74, 6) is 1.42. The average molecular weight is 517 g/mol. The average Bonchev–Trinajstić information content (AvgIpc) is 3.24. The maximum Gasteiger partial charge on any atom is 0.229 e. The van der Waals surface area contributed by atoms with Gasteiger partial charge in [0.25, 0.3) is 0 Å². The number of nitrogens with zero attached hydrogens (tertiary/aromatic N) is 7. The summed E-state index contributed by atoms with van der Waals surface area (Å²) in [6.07, 6.45) is 1.21. The summed E-state index contributed by atoms with van der Waals surface area (Å²) in [4.78, 5) is 23.2. The Hall–Kier alpha value is -3.43. The number of halogens is 1. The molecule has 1 aliphatic heterocycles. The molecule has 0 radical (unpaired) electrons. The van der Waals surface area contributed by atoms with E-state index in [0.29, 0.717) is 17.3 Å². The highest BCUT2D eigenvalue weighted by molar-refractivity contribution is 5.85. The van der Waals surface area contributed by atoms with Gasteiger partial charge in [0.2, 0.25) is 5.95 Å². The smallest absolute Gasteiger partial charge is 0.229 e. The van der Waals surface area contributed by atoms with Crippen LogP contribution in [0, 0.1) is 26.6 Å². The van der Waals surface area contributed by atoms with Crippen molar-refractivity contribution in [3.05, 3.63) is 58.9 Å². The largest absolute Gasteiger partial charge is 0.326 e. The first kappa shape index (κ1) is 26.2. The molecule has 200 valence electrons. The third-order valence-corrected chi connectivity index (χ3v) is 7.44. The molecule has 5 rings (SSSR count). The van der Waals surface area contributed by atoms with Crippen molar-refractivity contribution < 1.29 is 4.39 Å². The molecular weight excluding hydrogens is 479 g/mol. The number of pyridine rings is 1. The van der Waals surface area contributed by atoms with E-state index < -0.39 is 5.82 Å². The Kier molecular flexibility index (Phi) is 7.40. The van der Waals surface area contributed by atoms with Crippen LogP contribution in [-0.2, 0) is 6.54 Å². The van der Waals surface area contributed by atoms with Gasteiger partial charge in [0, 0.05) is 50.0 Å². The van der Waals surface area contributed by atoms with Crippen molar-refractivity contribution in [3.8, 4) is 11.3 Å². The molecule has 9 heteroatoms. The molecular formula is C29H37FN8. The molecule has 8 nitrogen and oxygen atoms in total. The van der Waals surface area contributed by atoms with E-state index in [1.165, 1.54) is 11.8 Å². The Morgan fingerprint density at radius 1 is 0.974 bits per heavy atom. The number of hydrogen-bond acceptors (Lipinski definition) is 7. The summed E-state index contributed by atoms with van der Waals surface area (Å²) in [6, 6.07) is 8.19. The zero-order chi connectivity index (χ0) is 27.0. The second-order valence-electron chi connectivity index (χ2n) is 10.5. The van der Waals surface area contributed by atoms with Gasteiger partial charge in [-0.3, -0.25) is 4.90 Å². The molecule has 0 aliphatic carbocycles. The number of aromatic nitrogens is 5. The van der Waals surface area contributed by atoms with Gasteiger partial charge in [-0.05, 0) is 70.5 Å². The Bertz CT molecular complexity index is 1450. The van der Waals surface area contributed by atoms with Crippen molar-refractivity contribution in [1.29, 1.82) is 0 Å². The third-order valence-electron chi connectivity index (χ3n) is 7.44. The zero-order valence-corrected chi connectivity index (χ0v) is 23.2. The number of fused-ring (bicyclic) bond motifs is 1. The van der Waals surface area contributed by atoms with E-state index in [1.807, 2.05) is 39.0 Å². The summed E-state index contributed by atoms with van der Waals surface area (Å²) in [5.41, 5.74) is 6.01. The lowest BCUT2D eigenvalue weighted by Crippen LogP contribution is -2.45. The molecule has 0 spiro atoms. The second-order valence-corrected chi connectivity index (χ2v) is 10.5. The normalized spacial score (nSPS) is 15.1. The molecule has 0 unspecified atom stereocenters. The minimum Gasteiger partial charge on any atom is -0.326 e. The lowest BCUT2D eigenvalue weighted by Gasteiger charge is -2.34. The minimum atomic E-state index is -0.468. The fourth-order valence-electron chi connectivity index (χ4n) is 5.34. The molecule has 1 N–H and O–H groups in total. The molecule has 1 fully saturated rings. The molecule has 0 saturated carbocycles. The maximum absolute atomic E-state index is 15.0. The van der Waals surface area contributed by atoms with Crippen LogP contribution in [0.15, 0.2) is 30.5 Å². The number of hydrogen-bond donors (Lipinski definition) is 1. The van der Waals surface area contributed by atoms with Crippen LogP contribution in [-0.4, -0.2) is 67.0 Å². The fraction of sp³-hybridized carbons (Fsp3) is 0.448. The molecule has 0 bridgehead atoms. The van der Waals surface area contributed by atoms with Gasteiger partial charge in [-0.1, -0.05) is 13.0 Å². The summed E-state index contributed by atoms with van der Waals surface area (Å²) >= 11 is 0. The number of imidazole rings is 1. The zero-order valence-electron chi connectivity index (χ0n) is 23.2. The number of nitrogens with one attached hydrogen (secondary N) is 1. The second kappa shape index (κ2) is 10.7. The predicted molar refractivity (Wildman–Crippen MR) is 150 cm³/mol. The highest BCUT2D eigenvalue weighted by atomic mass is 19.1. The number of anilines is 2. The van der Waals surface area contributed by atoms with Gasteiger partial charge in [0.15, 0.2) is 5.82 Å². The van der Waals surface area contributed by atoms with Crippen molar-refractivity contribution in [1.82, 2.24) is 34.3 Å². The van der Waals surface area contributed by atoms with E-state index in [1.54, 1.807) is 0 Å². The molecule has 4 heterocycles. The summed E-state index contributed by atoms with van der Waals surface area (Å²) in [6.45, 7) is 18.8. The van der Waals surface area contributed by atoms with Gasteiger partial charge in [0.1, 0.15) is 17.3 Å². The predicted octanol–water partition coefficient (Wildman–Crippen LogP) is 5.41. The van der Waals surface area contributed by atoms with Crippen LogP contribution in [0.1, 0.15) is 49.5 Å². The Balaban J connectivity index is 1.38. The van der Waals surface area contributed by atoms with Crippen LogP contribution in [0.5, 0.6) is 0 Å². The summed E-state index contributed by atoms with van der Waals surface area (Å²) < 4.78 is 17.1. The molecule has 1 saturated heterocycles. The SMILES string of the molecule is CCN1CCN(Cc2ccc(Nc3ncc(F)c(-c4cc(C)c5nc(C)n(C(C)C)c5c4)n3)nc2C)CC1. The van der Waals surface area contributed by atoms with E-state index in [4.69, 9.17) is 9.97 Å². The maximum atomic E-state index is 15.0. The number of rotatable bonds is 7. The molecule has 0 amide bonds. The number of piperazine rings is 1. The van der Waals surface area contributed by atoms with Crippen molar-refractivity contribution in [3.63, 3.8) is 0 Å². The van der Waals surface area contributed by atoms with Crippen molar-refractivity contribution >= 4 is 22.8 Å². The van der Waals surface area contributed by atoms with Gasteiger partial charge < -0.3 is 14.8 Å². The standard InChI is InChI=1S/C29H37FN8/c1-7-36-10-12-37(13-11-36)17-22-8-9-26(32-20(22)5)34-29-31-16-24(30)28(35-29)23-14-19(4)27-25(15-23)38(18(2)3)21(6)33-27/h8-9,14-16,18H,7,10-13,17H2,1-6H3,(H,31,32,34,35). The van der Waals surface area contributed by atoms with E-state index in [0.717, 1.165) is 67.4 Å². The lowest BCUT2D eigenvalue weighted by molar-refractivity contribution is 0.131. The quantitative estimate of drug-likeness (QED) is 0.352. The molecule has 1 aliphatic rings. The Morgan fingerprint density at radius 2 is 1.71 bits per heavy atom. The van der Waals surface area contributed by atoms with E-state index in [2.05, 4.69) is 56.5 Å². The lowest BCUT2D eigenvalue weighted by atomic mass is 10.1. The number of likely N-dealkylation sites (N-methyl/N-ethyl adjacent to an activating group) is 1. The highest BCUT2D eigenvalue weighted by Crippen LogP contribution is 2.31. The van der Waals surface area contributed by atoms with Gasteiger partial charge in [-0.2, -0.15) is 0 Å². The molecule has 3 aromatic heterocycles. The van der Waals surface area contributed by atoms with Crippen molar-refractivity contribution in [2.45, 2.75) is 54.1 Å². The Morgan fingerprint density at radius 3 is 2.39 bits per heavy atom. The first-order chi connectivity index (χ1) is 18.2. The summed E-state index contributed by atoms with van der Waals surface area (Å²) in [5, 5.41) is 3.17. The van der Waals surface area contributed by atoms with E-state index in [9.17, 15) is 4.39 Å². The van der Waals surface area contributed by atoms with Crippen LogP contribution < -0.4 is 5.32 Å². The minimum absolute atomic E-state index is 0.236. The van der Waals surface area contributed by atoms with E-state index in [-0.39, 0.29) is 11.7 Å². The fourth-order valence-corrected chi connectivity index (χ4v) is 5.34. The summed E-state index contributed by atoms with van der Waals surface area (Å²) in [7, 11) is 0. The molecule has 38 heavy (non-hydrogen) atoms. The molecule has 4 aromatic rings. The van der Waals surface area contributed by atoms with Crippen LogP contribution in [0.2, 0.25) is 0 Å². The Labute approximate surface area is 223 Å². The molecule has 1 aromatic carbocycles. The number of benzene rings is 1. The van der Waals surface area contributed by atoms with Crippen molar-refractivity contribution in [2.24, 2.45) is 0 Å². The van der Waals surface area contributed by atoms with Crippen LogP contribution in [0.4, 0.5) is 16.2 Å². The first-order valence-electron chi connectivity index (χ1n) is 13.4. The van der Waals surface area contributed by atoms with Crippen LogP contribution in [0.25, 0.3) is 22.3 Å². The first-order valence-corrected chi connectivity index (χ1v) is 13.4. The van der Waals surface area contributed by atoms with Gasteiger partial charge in [-0.15, -0.1) is 0 Å². The van der Waals surface area contributed by atoms with Gasteiger partial charge in [0.05, 0.1) is 17.2 Å². The van der Waals surface area contributed by atoms with E-state index >= 15 is 0 Å². The van der Waals surface area contributed by atoms with Crippen LogP contribution >= 0.6 is 0 Å².